The zero-order valence-electron chi connectivity index (χ0n) is 20.2. The molecule has 0 radical (unpaired) electrons. The fraction of sp³-hybridized carbons (Fsp3) is 0.261. The number of nitrogens with one attached hydrogen (secondary N) is 2. The molecule has 0 aliphatic carbocycles. The lowest BCUT2D eigenvalue weighted by atomic mass is 10.3. The molecule has 2 aromatic carbocycles. The van der Waals surface area contributed by atoms with E-state index >= 15 is 0 Å². The Bertz CT molecular complexity index is 1440. The molecule has 0 atom stereocenters. The van der Waals surface area contributed by atoms with Crippen LogP contribution in [0.4, 0.5) is 17.3 Å². The van der Waals surface area contributed by atoms with E-state index in [4.69, 9.17) is 4.74 Å². The molecule has 2 N–H and O–H groups in total. The van der Waals surface area contributed by atoms with Gasteiger partial charge in [0.05, 0.1) is 23.4 Å². The predicted octanol–water partition coefficient (Wildman–Crippen LogP) is 2.70. The molecule has 11 nitrogen and oxygen atoms in total. The molecule has 3 aromatic rings. The summed E-state index contributed by atoms with van der Waals surface area (Å²) in [5.41, 5.74) is 1.75. The van der Waals surface area contributed by atoms with Gasteiger partial charge in [-0.2, -0.15) is 0 Å². The summed E-state index contributed by atoms with van der Waals surface area (Å²) in [4.78, 5) is 20.8. The van der Waals surface area contributed by atoms with Crippen LogP contribution in [0.3, 0.4) is 0 Å². The molecule has 0 saturated heterocycles. The van der Waals surface area contributed by atoms with Crippen molar-refractivity contribution in [1.82, 2.24) is 9.97 Å². The van der Waals surface area contributed by atoms with Gasteiger partial charge in [0.25, 0.3) is 10.0 Å². The molecular formula is C23H27N5O6S2. The van der Waals surface area contributed by atoms with E-state index in [0.29, 0.717) is 23.7 Å². The highest BCUT2D eigenvalue weighted by Crippen LogP contribution is 2.29. The lowest BCUT2D eigenvalue weighted by Crippen LogP contribution is -2.37. The Morgan fingerprint density at radius 2 is 1.58 bits per heavy atom. The zero-order chi connectivity index (χ0) is 26.5. The van der Waals surface area contributed by atoms with Gasteiger partial charge >= 0.3 is 0 Å². The minimum atomic E-state index is -3.97. The number of carbonyl (C=O) groups excluding carboxylic acids is 1. The number of ether oxygens (including phenoxy) is 1. The van der Waals surface area contributed by atoms with Crippen molar-refractivity contribution in [2.24, 2.45) is 0 Å². The first-order valence-corrected chi connectivity index (χ1v) is 14.2. The van der Waals surface area contributed by atoms with E-state index in [0.717, 1.165) is 10.6 Å². The average molecular weight is 534 g/mol. The summed E-state index contributed by atoms with van der Waals surface area (Å²) in [6.07, 6.45) is 0.995. The van der Waals surface area contributed by atoms with E-state index in [2.05, 4.69) is 20.0 Å². The number of amides is 1. The number of nitrogens with zero attached hydrogens (tertiary/aromatic N) is 3. The van der Waals surface area contributed by atoms with Crippen molar-refractivity contribution in [3.63, 3.8) is 0 Å². The number of hydrogen-bond acceptors (Lipinski definition) is 8. The summed E-state index contributed by atoms with van der Waals surface area (Å²) in [5.74, 6) is -0.338. The minimum absolute atomic E-state index is 0.0434. The zero-order valence-corrected chi connectivity index (χ0v) is 21.9. The van der Waals surface area contributed by atoms with Crippen molar-refractivity contribution in [3.8, 4) is 5.75 Å². The van der Waals surface area contributed by atoms with Crippen LogP contribution in [0.1, 0.15) is 18.3 Å². The maximum absolute atomic E-state index is 12.7. The van der Waals surface area contributed by atoms with Gasteiger partial charge in [0.15, 0.2) is 0 Å². The average Bonchev–Trinajstić information content (AvgIpc) is 2.77. The second kappa shape index (κ2) is 10.9. The third kappa shape index (κ3) is 6.92. The summed E-state index contributed by atoms with van der Waals surface area (Å²) in [5, 5.41) is 2.58. The van der Waals surface area contributed by atoms with Crippen LogP contribution in [0, 0.1) is 13.8 Å². The first-order chi connectivity index (χ1) is 16.9. The highest BCUT2D eigenvalue weighted by atomic mass is 32.2. The number of hydrogen-bond donors (Lipinski definition) is 2. The van der Waals surface area contributed by atoms with Gasteiger partial charge in [0.1, 0.15) is 12.3 Å². The number of para-hydroxylation sites is 2. The largest absolute Gasteiger partial charge is 0.492 e. The van der Waals surface area contributed by atoms with Crippen molar-refractivity contribution in [3.05, 3.63) is 66.0 Å². The second-order valence-electron chi connectivity index (χ2n) is 7.82. The Hall–Kier alpha value is -3.71. The van der Waals surface area contributed by atoms with Gasteiger partial charge in [0, 0.05) is 17.1 Å². The fourth-order valence-corrected chi connectivity index (χ4v) is 5.12. The fourth-order valence-electron chi connectivity index (χ4n) is 3.32. The third-order valence-electron chi connectivity index (χ3n) is 4.78. The van der Waals surface area contributed by atoms with Crippen molar-refractivity contribution in [1.29, 1.82) is 0 Å². The second-order valence-corrected chi connectivity index (χ2v) is 11.4. The van der Waals surface area contributed by atoms with E-state index in [9.17, 15) is 21.6 Å². The van der Waals surface area contributed by atoms with Crippen molar-refractivity contribution in [2.45, 2.75) is 25.7 Å². The number of sulfonamides is 2. The van der Waals surface area contributed by atoms with Crippen LogP contribution >= 0.6 is 0 Å². The monoisotopic (exact) mass is 533 g/mol. The summed E-state index contributed by atoms with van der Waals surface area (Å²) in [6, 6.07) is 13.6. The van der Waals surface area contributed by atoms with E-state index in [1.165, 1.54) is 24.3 Å². The number of benzene rings is 2. The molecule has 36 heavy (non-hydrogen) atoms. The first-order valence-electron chi connectivity index (χ1n) is 10.8. The van der Waals surface area contributed by atoms with Crippen molar-refractivity contribution >= 4 is 43.3 Å². The number of carbonyl (C=O) groups is 1. The first kappa shape index (κ1) is 26.9. The number of aromatic nitrogens is 2. The Labute approximate surface area is 210 Å². The van der Waals surface area contributed by atoms with Crippen LogP contribution in [-0.2, 0) is 24.8 Å². The molecule has 0 aliphatic rings. The van der Waals surface area contributed by atoms with E-state index in [-0.39, 0.29) is 22.2 Å². The molecule has 0 spiro atoms. The standard InChI is InChI=1S/C23H27N5O6S2/c1-5-34-21-9-7-6-8-20(21)28(35(4,30)31)15-22(29)26-18-10-12-19(13-11-18)36(32,33)27-23-24-16(2)14-17(3)25-23/h6-14H,5,15H2,1-4H3,(H,26,29)(H,24,25,27). The van der Waals surface area contributed by atoms with Crippen LogP contribution in [0.15, 0.2) is 59.5 Å². The molecule has 1 aromatic heterocycles. The van der Waals surface area contributed by atoms with Crippen LogP contribution in [0.5, 0.6) is 5.75 Å². The van der Waals surface area contributed by atoms with Crippen LogP contribution in [-0.4, -0.2) is 52.1 Å². The quantitative estimate of drug-likeness (QED) is 0.404. The Balaban J connectivity index is 1.74. The van der Waals surface area contributed by atoms with Gasteiger partial charge in [-0.1, -0.05) is 12.1 Å². The van der Waals surface area contributed by atoms with Crippen molar-refractivity contribution < 1.29 is 26.4 Å². The van der Waals surface area contributed by atoms with Gasteiger partial charge in [-0.05, 0) is 63.2 Å². The highest BCUT2D eigenvalue weighted by Gasteiger charge is 2.24. The van der Waals surface area contributed by atoms with Gasteiger partial charge in [0.2, 0.25) is 21.9 Å². The third-order valence-corrected chi connectivity index (χ3v) is 7.25. The predicted molar refractivity (Wildman–Crippen MR) is 137 cm³/mol. The molecular weight excluding hydrogens is 506 g/mol. The molecule has 3 rings (SSSR count). The molecule has 13 heteroatoms. The summed E-state index contributed by atoms with van der Waals surface area (Å²) in [7, 11) is -7.78. The van der Waals surface area contributed by atoms with Gasteiger partial charge in [-0.25, -0.2) is 31.5 Å². The molecule has 1 heterocycles. The maximum atomic E-state index is 12.7. The van der Waals surface area contributed by atoms with E-state index in [1.807, 2.05) is 0 Å². The minimum Gasteiger partial charge on any atom is -0.492 e. The smallest absolute Gasteiger partial charge is 0.264 e. The molecule has 0 unspecified atom stereocenters. The van der Waals surface area contributed by atoms with Crippen LogP contribution in [0.2, 0.25) is 0 Å². The number of aryl methyl sites for hydroxylation is 2. The van der Waals surface area contributed by atoms with Crippen LogP contribution in [0.25, 0.3) is 0 Å². The number of rotatable bonds is 10. The Kier molecular flexibility index (Phi) is 8.15. The lowest BCUT2D eigenvalue weighted by molar-refractivity contribution is -0.114. The molecule has 0 aliphatic heterocycles. The highest BCUT2D eigenvalue weighted by molar-refractivity contribution is 7.92. The molecule has 0 saturated carbocycles. The van der Waals surface area contributed by atoms with E-state index < -0.39 is 32.5 Å². The Morgan fingerprint density at radius 3 is 2.17 bits per heavy atom. The normalized spacial score (nSPS) is 11.6. The van der Waals surface area contributed by atoms with Crippen LogP contribution < -0.4 is 19.1 Å². The summed E-state index contributed by atoms with van der Waals surface area (Å²) in [6.45, 7) is 5.03. The van der Waals surface area contributed by atoms with Crippen molar-refractivity contribution in [2.75, 3.05) is 33.8 Å². The Morgan fingerprint density at radius 1 is 0.972 bits per heavy atom. The summed E-state index contributed by atoms with van der Waals surface area (Å²) >= 11 is 0. The van der Waals surface area contributed by atoms with Gasteiger partial charge < -0.3 is 10.1 Å². The molecule has 192 valence electrons. The summed E-state index contributed by atoms with van der Waals surface area (Å²) < 4.78 is 59.0. The van der Waals surface area contributed by atoms with Gasteiger partial charge in [-0.15, -0.1) is 0 Å². The lowest BCUT2D eigenvalue weighted by Gasteiger charge is -2.24. The molecule has 0 fully saturated rings. The topological polar surface area (TPSA) is 148 Å². The molecule has 0 bridgehead atoms. The SMILES string of the molecule is CCOc1ccccc1N(CC(=O)Nc1ccc(S(=O)(=O)Nc2nc(C)cc(C)n2)cc1)S(C)(=O)=O. The molecule has 1 amide bonds. The van der Waals surface area contributed by atoms with Gasteiger partial charge in [-0.3, -0.25) is 9.10 Å². The number of anilines is 3. The maximum Gasteiger partial charge on any atom is 0.264 e. The van der Waals surface area contributed by atoms with E-state index in [1.54, 1.807) is 51.1 Å².